The summed E-state index contributed by atoms with van der Waals surface area (Å²) in [6.45, 7) is 0.529. The lowest BCUT2D eigenvalue weighted by molar-refractivity contribution is -0.137. The van der Waals surface area contributed by atoms with Gasteiger partial charge in [-0.2, -0.15) is 0 Å². The van der Waals surface area contributed by atoms with E-state index in [9.17, 15) is 9.59 Å². The Morgan fingerprint density at radius 2 is 1.52 bits per heavy atom. The fraction of sp³-hybridized carbons (Fsp3) is 0.174. The number of benzene rings is 2. The molecule has 0 aliphatic heterocycles. The van der Waals surface area contributed by atoms with Crippen LogP contribution in [0.15, 0.2) is 60.8 Å². The van der Waals surface area contributed by atoms with Crippen molar-refractivity contribution in [1.82, 2.24) is 4.98 Å². The van der Waals surface area contributed by atoms with E-state index in [1.165, 1.54) is 0 Å². The molecule has 29 heavy (non-hydrogen) atoms. The Bertz CT molecular complexity index is 1010. The van der Waals surface area contributed by atoms with Crippen LogP contribution in [0, 0.1) is 0 Å². The van der Waals surface area contributed by atoms with Gasteiger partial charge in [-0.1, -0.05) is 42.5 Å². The third-order valence-electron chi connectivity index (χ3n) is 4.59. The number of carbonyl (C=O) groups is 2. The number of carboxylic acids is 2. The van der Waals surface area contributed by atoms with Crippen LogP contribution in [-0.2, 0) is 9.59 Å². The van der Waals surface area contributed by atoms with E-state index in [0.29, 0.717) is 0 Å². The third kappa shape index (κ3) is 5.65. The van der Waals surface area contributed by atoms with Gasteiger partial charge in [-0.3, -0.25) is 14.6 Å². The number of anilines is 1. The van der Waals surface area contributed by atoms with E-state index in [0.717, 1.165) is 27.7 Å². The van der Waals surface area contributed by atoms with Gasteiger partial charge < -0.3 is 15.1 Å². The van der Waals surface area contributed by atoms with Crippen LogP contribution in [0.2, 0.25) is 0 Å². The van der Waals surface area contributed by atoms with E-state index in [2.05, 4.69) is 4.98 Å². The van der Waals surface area contributed by atoms with Gasteiger partial charge in [0.25, 0.3) is 0 Å². The summed E-state index contributed by atoms with van der Waals surface area (Å²) in [6.07, 6.45) is 5.73. The first-order valence-electron chi connectivity index (χ1n) is 9.33. The maximum atomic E-state index is 10.9. The van der Waals surface area contributed by atoms with Gasteiger partial charge in [0.2, 0.25) is 0 Å². The van der Waals surface area contributed by atoms with E-state index in [1.54, 1.807) is 11.1 Å². The number of aromatic nitrogens is 1. The van der Waals surface area contributed by atoms with Crippen molar-refractivity contribution < 1.29 is 19.8 Å². The number of hydrogen-bond donors (Lipinski definition) is 2. The smallest absolute Gasteiger partial charge is 0.305 e. The lowest BCUT2D eigenvalue weighted by atomic mass is 10.1. The maximum absolute atomic E-state index is 10.9. The Morgan fingerprint density at radius 3 is 2.17 bits per heavy atom. The number of para-hydroxylation sites is 1. The summed E-state index contributed by atoms with van der Waals surface area (Å²) < 4.78 is 0. The zero-order valence-electron chi connectivity index (χ0n) is 15.9. The van der Waals surface area contributed by atoms with Crippen molar-refractivity contribution in [1.29, 1.82) is 0 Å². The number of rotatable bonds is 9. The summed E-state index contributed by atoms with van der Waals surface area (Å²) in [5, 5.41) is 18.9. The highest BCUT2D eigenvalue weighted by atomic mass is 16.4. The summed E-state index contributed by atoms with van der Waals surface area (Å²) in [7, 11) is 0. The van der Waals surface area contributed by atoms with E-state index in [4.69, 9.17) is 10.2 Å². The molecule has 0 fully saturated rings. The van der Waals surface area contributed by atoms with Crippen LogP contribution < -0.4 is 4.90 Å². The molecule has 0 bridgehead atoms. The number of carboxylic acid groups (broad SMARTS) is 2. The predicted octanol–water partition coefficient (Wildman–Crippen LogP) is 4.16. The Hall–Kier alpha value is -3.67. The highest BCUT2D eigenvalue weighted by molar-refractivity contribution is 5.90. The van der Waals surface area contributed by atoms with Crippen LogP contribution in [0.4, 0.5) is 5.69 Å². The van der Waals surface area contributed by atoms with Gasteiger partial charge in [-0.25, -0.2) is 0 Å². The van der Waals surface area contributed by atoms with Crippen molar-refractivity contribution in [3.63, 3.8) is 0 Å². The van der Waals surface area contributed by atoms with Crippen LogP contribution >= 0.6 is 0 Å². The Kier molecular flexibility index (Phi) is 6.58. The molecule has 0 amide bonds. The minimum absolute atomic E-state index is 0.0452. The quantitative estimate of drug-likeness (QED) is 0.570. The van der Waals surface area contributed by atoms with E-state index in [-0.39, 0.29) is 25.9 Å². The molecule has 2 aromatic carbocycles. The molecule has 2 N–H and O–H groups in total. The van der Waals surface area contributed by atoms with Crippen molar-refractivity contribution in [2.24, 2.45) is 0 Å². The van der Waals surface area contributed by atoms with Gasteiger partial charge in [-0.05, 0) is 35.4 Å². The lowest BCUT2D eigenvalue weighted by Gasteiger charge is -2.23. The molecule has 3 rings (SSSR count). The lowest BCUT2D eigenvalue weighted by Crippen LogP contribution is -2.28. The number of pyridine rings is 1. The number of fused-ring (bicyclic) bond motifs is 1. The van der Waals surface area contributed by atoms with Crippen molar-refractivity contribution in [2.45, 2.75) is 12.8 Å². The average molecular weight is 390 g/mol. The predicted molar refractivity (Wildman–Crippen MR) is 114 cm³/mol. The number of nitrogens with zero attached hydrogens (tertiary/aromatic N) is 2. The van der Waals surface area contributed by atoms with Crippen molar-refractivity contribution in [3.05, 3.63) is 71.9 Å². The highest BCUT2D eigenvalue weighted by Gasteiger charge is 2.10. The van der Waals surface area contributed by atoms with Crippen molar-refractivity contribution in [3.8, 4) is 0 Å². The molecule has 3 aromatic rings. The SMILES string of the molecule is O=C(O)CCN(CCC(=O)O)c1ccc(/C=C\c2ccnc3ccccc23)cc1. The van der Waals surface area contributed by atoms with Crippen LogP contribution in [0.1, 0.15) is 24.0 Å². The van der Waals surface area contributed by atoms with Crippen molar-refractivity contribution in [2.75, 3.05) is 18.0 Å². The van der Waals surface area contributed by atoms with E-state index < -0.39 is 11.9 Å². The average Bonchev–Trinajstić information content (AvgIpc) is 2.72. The summed E-state index contributed by atoms with van der Waals surface area (Å²) in [6, 6.07) is 17.6. The zero-order valence-corrected chi connectivity index (χ0v) is 15.9. The van der Waals surface area contributed by atoms with Gasteiger partial charge in [0.15, 0.2) is 0 Å². The van der Waals surface area contributed by atoms with Crippen LogP contribution in [0.25, 0.3) is 23.1 Å². The topological polar surface area (TPSA) is 90.7 Å². The van der Waals surface area contributed by atoms with Gasteiger partial charge in [0, 0.05) is 30.4 Å². The Balaban J connectivity index is 1.75. The number of hydrogen-bond acceptors (Lipinski definition) is 4. The normalized spacial score (nSPS) is 11.0. The monoisotopic (exact) mass is 390 g/mol. The summed E-state index contributed by atoms with van der Waals surface area (Å²) >= 11 is 0. The molecule has 1 aromatic heterocycles. The summed E-state index contributed by atoms with van der Waals surface area (Å²) in [5.41, 5.74) is 3.81. The second kappa shape index (κ2) is 9.50. The molecule has 0 atom stereocenters. The van der Waals surface area contributed by atoms with Gasteiger partial charge in [-0.15, -0.1) is 0 Å². The van der Waals surface area contributed by atoms with Crippen LogP contribution in [0.5, 0.6) is 0 Å². The van der Waals surface area contributed by atoms with Gasteiger partial charge in [0.1, 0.15) is 0 Å². The molecule has 0 saturated heterocycles. The molecule has 0 aliphatic rings. The third-order valence-corrected chi connectivity index (χ3v) is 4.59. The number of aliphatic carboxylic acids is 2. The summed E-state index contributed by atoms with van der Waals surface area (Å²) in [4.78, 5) is 27.9. The summed E-state index contributed by atoms with van der Waals surface area (Å²) in [5.74, 6) is -1.82. The molecule has 0 saturated carbocycles. The molecule has 0 radical (unpaired) electrons. The Morgan fingerprint density at radius 1 is 0.862 bits per heavy atom. The minimum atomic E-state index is -0.908. The fourth-order valence-corrected chi connectivity index (χ4v) is 3.08. The molecule has 0 aliphatic carbocycles. The molecule has 6 nitrogen and oxygen atoms in total. The molecule has 0 unspecified atom stereocenters. The molecule has 148 valence electrons. The second-order valence-electron chi connectivity index (χ2n) is 6.62. The van der Waals surface area contributed by atoms with Crippen LogP contribution in [-0.4, -0.2) is 40.2 Å². The Labute approximate surface area is 168 Å². The molecular weight excluding hydrogens is 368 g/mol. The fourth-order valence-electron chi connectivity index (χ4n) is 3.08. The highest BCUT2D eigenvalue weighted by Crippen LogP contribution is 2.21. The largest absolute Gasteiger partial charge is 0.481 e. The molecule has 0 spiro atoms. The standard InChI is InChI=1S/C23H22N2O4/c26-22(27)12-15-25(16-13-23(28)29)19-9-6-17(7-10-19)5-8-18-11-14-24-21-4-2-1-3-20(18)21/h1-11,14H,12-13,15-16H2,(H,26,27)(H,28,29)/b8-5-. The van der Waals surface area contributed by atoms with Crippen molar-refractivity contribution >= 4 is 40.7 Å². The van der Waals surface area contributed by atoms with Gasteiger partial charge >= 0.3 is 11.9 Å². The molecule has 1 heterocycles. The second-order valence-corrected chi connectivity index (χ2v) is 6.62. The van der Waals surface area contributed by atoms with Gasteiger partial charge in [0.05, 0.1) is 18.4 Å². The first-order valence-corrected chi connectivity index (χ1v) is 9.33. The van der Waals surface area contributed by atoms with E-state index >= 15 is 0 Å². The minimum Gasteiger partial charge on any atom is -0.481 e. The first-order chi connectivity index (χ1) is 14.0. The van der Waals surface area contributed by atoms with Crippen LogP contribution in [0.3, 0.4) is 0 Å². The molecular formula is C23H22N2O4. The maximum Gasteiger partial charge on any atom is 0.305 e. The van der Waals surface area contributed by atoms with E-state index in [1.807, 2.05) is 66.7 Å². The first kappa shape index (κ1) is 20.1. The zero-order chi connectivity index (χ0) is 20.6. The molecule has 6 heteroatoms.